The summed E-state index contributed by atoms with van der Waals surface area (Å²) in [5, 5.41) is 16.8. The molecule has 0 fully saturated rings. The number of thiophene rings is 2. The lowest BCUT2D eigenvalue weighted by molar-refractivity contribution is 0.238. The average Bonchev–Trinajstić information content (AvgIpc) is 3.01. The minimum absolute atomic E-state index is 0.208. The zero-order chi connectivity index (χ0) is 12.1. The van der Waals surface area contributed by atoms with Crippen LogP contribution >= 0.6 is 22.7 Å². The van der Waals surface area contributed by atoms with E-state index in [4.69, 9.17) is 5.11 Å². The van der Waals surface area contributed by atoms with Gasteiger partial charge in [-0.25, -0.2) is 0 Å². The fourth-order valence-electron chi connectivity index (χ4n) is 1.63. The molecule has 2 aromatic rings. The third kappa shape index (κ3) is 3.39. The number of rotatable bonds is 6. The van der Waals surface area contributed by atoms with Gasteiger partial charge in [-0.05, 0) is 29.3 Å². The fourth-order valence-corrected chi connectivity index (χ4v) is 3.25. The normalized spacial score (nSPS) is 12.8. The maximum atomic E-state index is 9.10. The van der Waals surface area contributed by atoms with Crippen LogP contribution in [0.25, 0.3) is 10.4 Å². The summed E-state index contributed by atoms with van der Waals surface area (Å²) in [7, 11) is 0. The molecule has 1 atom stereocenters. The highest BCUT2D eigenvalue weighted by Crippen LogP contribution is 2.29. The standard InChI is InChI=1S/C13H17NOS2/c1-2-11(8-15)14-7-12-6-10(9-17-12)13-4-3-5-16-13/h3-6,9,11,14-15H,2,7-8H2,1H3/t11-/m1/s1. The number of hydrogen-bond acceptors (Lipinski definition) is 4. The lowest BCUT2D eigenvalue weighted by atomic mass is 10.2. The van der Waals surface area contributed by atoms with E-state index in [1.54, 1.807) is 22.7 Å². The summed E-state index contributed by atoms with van der Waals surface area (Å²) in [4.78, 5) is 2.64. The van der Waals surface area contributed by atoms with Crippen molar-refractivity contribution in [2.45, 2.75) is 25.9 Å². The molecule has 2 nitrogen and oxygen atoms in total. The second-order valence-corrected chi connectivity index (χ2v) is 5.89. The first-order chi connectivity index (χ1) is 8.33. The van der Waals surface area contributed by atoms with Crippen molar-refractivity contribution in [2.24, 2.45) is 0 Å². The van der Waals surface area contributed by atoms with Gasteiger partial charge in [0.1, 0.15) is 0 Å². The van der Waals surface area contributed by atoms with Crippen molar-refractivity contribution in [3.63, 3.8) is 0 Å². The van der Waals surface area contributed by atoms with Crippen molar-refractivity contribution in [1.82, 2.24) is 5.32 Å². The highest BCUT2D eigenvalue weighted by molar-refractivity contribution is 7.14. The Kier molecular flexibility index (Phi) is 4.74. The van der Waals surface area contributed by atoms with Crippen LogP contribution in [0.4, 0.5) is 0 Å². The second kappa shape index (κ2) is 6.31. The molecule has 0 saturated carbocycles. The monoisotopic (exact) mass is 267 g/mol. The molecule has 92 valence electrons. The van der Waals surface area contributed by atoms with E-state index < -0.39 is 0 Å². The van der Waals surface area contributed by atoms with E-state index >= 15 is 0 Å². The van der Waals surface area contributed by atoms with Gasteiger partial charge < -0.3 is 10.4 Å². The summed E-state index contributed by atoms with van der Waals surface area (Å²) >= 11 is 3.54. The van der Waals surface area contributed by atoms with Crippen LogP contribution in [0.2, 0.25) is 0 Å². The molecular formula is C13H17NOS2. The predicted octanol–water partition coefficient (Wildman–Crippen LogP) is 3.34. The SMILES string of the molecule is CC[C@H](CO)NCc1cc(-c2cccs2)cs1. The van der Waals surface area contributed by atoms with Gasteiger partial charge in [-0.1, -0.05) is 13.0 Å². The molecule has 2 rings (SSSR count). The van der Waals surface area contributed by atoms with Crippen molar-refractivity contribution < 1.29 is 5.11 Å². The molecule has 0 saturated heterocycles. The van der Waals surface area contributed by atoms with Gasteiger partial charge in [0.05, 0.1) is 6.61 Å². The Morgan fingerprint density at radius 1 is 1.41 bits per heavy atom. The fraction of sp³-hybridized carbons (Fsp3) is 0.385. The first kappa shape index (κ1) is 12.8. The molecule has 4 heteroatoms. The van der Waals surface area contributed by atoms with Crippen molar-refractivity contribution in [2.75, 3.05) is 6.61 Å². The van der Waals surface area contributed by atoms with Crippen molar-refractivity contribution in [3.8, 4) is 10.4 Å². The van der Waals surface area contributed by atoms with Gasteiger partial charge in [-0.3, -0.25) is 0 Å². The molecule has 0 radical (unpaired) electrons. The smallest absolute Gasteiger partial charge is 0.0584 e. The van der Waals surface area contributed by atoms with Gasteiger partial charge in [-0.2, -0.15) is 0 Å². The van der Waals surface area contributed by atoms with E-state index in [0.717, 1.165) is 13.0 Å². The van der Waals surface area contributed by atoms with E-state index in [2.05, 4.69) is 41.2 Å². The molecule has 0 aliphatic heterocycles. The maximum Gasteiger partial charge on any atom is 0.0584 e. The summed E-state index contributed by atoms with van der Waals surface area (Å²) in [5.74, 6) is 0. The number of aliphatic hydroxyl groups excluding tert-OH is 1. The number of aliphatic hydroxyl groups is 1. The zero-order valence-electron chi connectivity index (χ0n) is 9.85. The van der Waals surface area contributed by atoms with Crippen LogP contribution < -0.4 is 5.32 Å². The summed E-state index contributed by atoms with van der Waals surface area (Å²) in [5.41, 5.74) is 1.30. The minimum atomic E-state index is 0.208. The molecule has 2 aromatic heterocycles. The molecule has 0 amide bonds. The van der Waals surface area contributed by atoms with Crippen molar-refractivity contribution >= 4 is 22.7 Å². The first-order valence-electron chi connectivity index (χ1n) is 5.79. The number of nitrogens with one attached hydrogen (secondary N) is 1. The third-order valence-corrected chi connectivity index (χ3v) is 4.59. The molecule has 17 heavy (non-hydrogen) atoms. The van der Waals surface area contributed by atoms with Gasteiger partial charge in [0, 0.05) is 27.9 Å². The molecule has 0 aromatic carbocycles. The Labute approximate surface area is 110 Å². The lowest BCUT2D eigenvalue weighted by Crippen LogP contribution is -2.30. The van der Waals surface area contributed by atoms with E-state index in [1.165, 1.54) is 15.3 Å². The Bertz CT molecular complexity index is 432. The van der Waals surface area contributed by atoms with E-state index in [-0.39, 0.29) is 12.6 Å². The quantitative estimate of drug-likeness (QED) is 0.841. The maximum absolute atomic E-state index is 9.10. The third-order valence-electron chi connectivity index (χ3n) is 2.74. The molecule has 0 unspecified atom stereocenters. The van der Waals surface area contributed by atoms with Gasteiger partial charge in [0.2, 0.25) is 0 Å². The van der Waals surface area contributed by atoms with Gasteiger partial charge in [0.15, 0.2) is 0 Å². The Morgan fingerprint density at radius 2 is 2.29 bits per heavy atom. The van der Waals surface area contributed by atoms with Crippen LogP contribution in [0.3, 0.4) is 0 Å². The van der Waals surface area contributed by atoms with Gasteiger partial charge in [-0.15, -0.1) is 22.7 Å². The molecular weight excluding hydrogens is 250 g/mol. The van der Waals surface area contributed by atoms with Crippen LogP contribution in [0, 0.1) is 0 Å². The highest BCUT2D eigenvalue weighted by atomic mass is 32.1. The molecule has 2 heterocycles. The summed E-state index contributed by atoms with van der Waals surface area (Å²) in [6.07, 6.45) is 0.958. The Hall–Kier alpha value is -0.680. The topological polar surface area (TPSA) is 32.3 Å². The van der Waals surface area contributed by atoms with Gasteiger partial charge >= 0.3 is 0 Å². The highest BCUT2D eigenvalue weighted by Gasteiger charge is 2.06. The Morgan fingerprint density at radius 3 is 2.94 bits per heavy atom. The van der Waals surface area contributed by atoms with E-state index in [0.29, 0.717) is 0 Å². The molecule has 0 spiro atoms. The average molecular weight is 267 g/mol. The molecule has 0 bridgehead atoms. The van der Waals surface area contributed by atoms with Crippen molar-refractivity contribution in [1.29, 1.82) is 0 Å². The van der Waals surface area contributed by atoms with Crippen LogP contribution in [-0.2, 0) is 6.54 Å². The van der Waals surface area contributed by atoms with Crippen LogP contribution in [0.15, 0.2) is 29.0 Å². The van der Waals surface area contributed by atoms with Crippen LogP contribution in [-0.4, -0.2) is 17.8 Å². The number of hydrogen-bond donors (Lipinski definition) is 2. The summed E-state index contributed by atoms with van der Waals surface area (Å²) in [6.45, 7) is 3.13. The molecule has 2 N–H and O–H groups in total. The zero-order valence-corrected chi connectivity index (χ0v) is 11.5. The largest absolute Gasteiger partial charge is 0.395 e. The van der Waals surface area contributed by atoms with Crippen LogP contribution in [0.5, 0.6) is 0 Å². The summed E-state index contributed by atoms with van der Waals surface area (Å²) in [6, 6.07) is 6.66. The lowest BCUT2D eigenvalue weighted by Gasteiger charge is -2.12. The van der Waals surface area contributed by atoms with E-state index in [9.17, 15) is 0 Å². The first-order valence-corrected chi connectivity index (χ1v) is 7.55. The Balaban J connectivity index is 1.95. The molecule has 0 aliphatic rings. The van der Waals surface area contributed by atoms with E-state index in [1.807, 2.05) is 0 Å². The predicted molar refractivity (Wildman–Crippen MR) is 75.6 cm³/mol. The minimum Gasteiger partial charge on any atom is -0.395 e. The van der Waals surface area contributed by atoms with Crippen LogP contribution in [0.1, 0.15) is 18.2 Å². The van der Waals surface area contributed by atoms with Gasteiger partial charge in [0.25, 0.3) is 0 Å². The summed E-state index contributed by atoms with van der Waals surface area (Å²) < 4.78 is 0. The molecule has 0 aliphatic carbocycles. The second-order valence-electron chi connectivity index (χ2n) is 3.95. The van der Waals surface area contributed by atoms with Crippen molar-refractivity contribution in [3.05, 3.63) is 33.8 Å².